The monoisotopic (exact) mass is 323 g/mol. The molecule has 0 aliphatic carbocycles. The van der Waals surface area contributed by atoms with Gasteiger partial charge in [-0.2, -0.15) is 0 Å². The first-order valence-electron chi connectivity index (χ1n) is 7.33. The van der Waals surface area contributed by atoms with E-state index in [0.29, 0.717) is 18.5 Å². The summed E-state index contributed by atoms with van der Waals surface area (Å²) in [5.41, 5.74) is 0.164. The van der Waals surface area contributed by atoms with E-state index in [-0.39, 0.29) is 12.4 Å². The Morgan fingerprint density at radius 3 is 2.48 bits per heavy atom. The van der Waals surface area contributed by atoms with Gasteiger partial charge in [-0.15, -0.1) is 0 Å². The topological polar surface area (TPSA) is 64.6 Å². The highest BCUT2D eigenvalue weighted by Gasteiger charge is 2.15. The normalized spacial score (nSPS) is 11.3. The Bertz CT molecular complexity index is 547. The van der Waals surface area contributed by atoms with Gasteiger partial charge in [0, 0.05) is 12.6 Å². The van der Waals surface area contributed by atoms with Crippen LogP contribution in [0.2, 0.25) is 0 Å². The predicted octanol–water partition coefficient (Wildman–Crippen LogP) is 3.30. The fourth-order valence-corrected chi connectivity index (χ4v) is 1.54. The predicted molar refractivity (Wildman–Crippen MR) is 85.2 cm³/mol. The van der Waals surface area contributed by atoms with Gasteiger partial charge in [0.2, 0.25) is 0 Å². The Labute approximate surface area is 135 Å². The first-order chi connectivity index (χ1) is 10.8. The second kappa shape index (κ2) is 8.92. The van der Waals surface area contributed by atoms with Crippen LogP contribution in [0.4, 0.5) is 9.18 Å². The molecule has 0 saturated carbocycles. The fraction of sp³-hybridized carbons (Fsp3) is 0.412. The van der Waals surface area contributed by atoms with Crippen molar-refractivity contribution in [3.05, 3.63) is 41.7 Å². The number of hydrogen-bond donors (Lipinski definition) is 1. The summed E-state index contributed by atoms with van der Waals surface area (Å²) in [5, 5.41) is 2.57. The highest BCUT2D eigenvalue weighted by Crippen LogP contribution is 2.06. The van der Waals surface area contributed by atoms with E-state index >= 15 is 0 Å². The van der Waals surface area contributed by atoms with Crippen LogP contribution < -0.4 is 5.32 Å². The lowest BCUT2D eigenvalue weighted by molar-refractivity contribution is -0.137. The summed E-state index contributed by atoms with van der Waals surface area (Å²) in [5.74, 6) is -0.825. The number of amides is 1. The number of esters is 1. The minimum Gasteiger partial charge on any atom is -0.462 e. The van der Waals surface area contributed by atoms with Gasteiger partial charge in [0.1, 0.15) is 11.4 Å². The summed E-state index contributed by atoms with van der Waals surface area (Å²) in [6, 6.07) is 5.74. The Hall–Kier alpha value is -2.37. The van der Waals surface area contributed by atoms with E-state index in [2.05, 4.69) is 5.32 Å². The number of nitrogens with one attached hydrogen (secondary N) is 1. The van der Waals surface area contributed by atoms with Crippen LogP contribution >= 0.6 is 0 Å². The van der Waals surface area contributed by atoms with E-state index in [1.807, 2.05) is 0 Å². The highest BCUT2D eigenvalue weighted by atomic mass is 19.1. The fourth-order valence-electron chi connectivity index (χ4n) is 1.54. The number of hydrogen-bond acceptors (Lipinski definition) is 4. The van der Waals surface area contributed by atoms with Gasteiger partial charge in [-0.1, -0.05) is 12.1 Å². The maximum Gasteiger partial charge on any atom is 0.407 e. The lowest BCUT2D eigenvalue weighted by Crippen LogP contribution is -2.33. The minimum atomic E-state index is -0.540. The maximum absolute atomic E-state index is 12.7. The number of carbonyl (C=O) groups is 2. The molecule has 0 aliphatic heterocycles. The smallest absolute Gasteiger partial charge is 0.407 e. The molecular weight excluding hydrogens is 301 g/mol. The molecule has 1 aromatic rings. The zero-order valence-electron chi connectivity index (χ0n) is 13.6. The summed E-state index contributed by atoms with van der Waals surface area (Å²) in [6.45, 7) is 5.87. The highest BCUT2D eigenvalue weighted by molar-refractivity contribution is 5.87. The van der Waals surface area contributed by atoms with Crippen LogP contribution in [0.3, 0.4) is 0 Å². The van der Waals surface area contributed by atoms with Crippen molar-refractivity contribution in [2.24, 2.45) is 0 Å². The lowest BCUT2D eigenvalue weighted by atomic mass is 10.2. The zero-order valence-corrected chi connectivity index (χ0v) is 13.6. The molecule has 0 heterocycles. The third-order valence-corrected chi connectivity index (χ3v) is 2.52. The van der Waals surface area contributed by atoms with Gasteiger partial charge in [0.15, 0.2) is 0 Å². The third kappa shape index (κ3) is 9.29. The van der Waals surface area contributed by atoms with Gasteiger partial charge in [-0.05, 0) is 51.0 Å². The SMILES string of the molecule is CC(C)(C)OC(=O)NCCCOC(=O)/C=C/c1ccc(F)cc1. The molecule has 0 radical (unpaired) electrons. The summed E-state index contributed by atoms with van der Waals surface area (Å²) < 4.78 is 22.8. The van der Waals surface area contributed by atoms with Crippen molar-refractivity contribution in [3.8, 4) is 0 Å². The van der Waals surface area contributed by atoms with E-state index in [1.54, 1.807) is 39.0 Å². The zero-order chi connectivity index (χ0) is 17.3. The molecular formula is C17H22FNO4. The standard InChI is InChI=1S/C17H22FNO4/c1-17(2,3)23-16(21)19-11-4-12-22-15(20)10-7-13-5-8-14(18)9-6-13/h5-10H,4,11-12H2,1-3H3,(H,19,21)/b10-7+. The second-order valence-electron chi connectivity index (χ2n) is 5.83. The van der Waals surface area contributed by atoms with E-state index in [4.69, 9.17) is 9.47 Å². The van der Waals surface area contributed by atoms with Crippen molar-refractivity contribution in [2.45, 2.75) is 32.8 Å². The average molecular weight is 323 g/mol. The molecule has 0 aromatic heterocycles. The molecule has 1 aromatic carbocycles. The van der Waals surface area contributed by atoms with Gasteiger partial charge >= 0.3 is 12.1 Å². The lowest BCUT2D eigenvalue weighted by Gasteiger charge is -2.19. The number of halogens is 1. The van der Waals surface area contributed by atoms with Crippen LogP contribution in [0.5, 0.6) is 0 Å². The van der Waals surface area contributed by atoms with Crippen LogP contribution in [-0.2, 0) is 14.3 Å². The van der Waals surface area contributed by atoms with Crippen LogP contribution in [0.1, 0.15) is 32.8 Å². The quantitative estimate of drug-likeness (QED) is 0.495. The van der Waals surface area contributed by atoms with Crippen molar-refractivity contribution < 1.29 is 23.5 Å². The first kappa shape index (κ1) is 18.7. The van der Waals surface area contributed by atoms with E-state index in [9.17, 15) is 14.0 Å². The Morgan fingerprint density at radius 1 is 1.22 bits per heavy atom. The van der Waals surface area contributed by atoms with Gasteiger partial charge in [-0.25, -0.2) is 14.0 Å². The van der Waals surface area contributed by atoms with E-state index < -0.39 is 17.7 Å². The van der Waals surface area contributed by atoms with Gasteiger partial charge < -0.3 is 14.8 Å². The second-order valence-corrected chi connectivity index (χ2v) is 5.83. The number of ether oxygens (including phenoxy) is 2. The summed E-state index contributed by atoms with van der Waals surface area (Å²) >= 11 is 0. The van der Waals surface area contributed by atoms with Gasteiger partial charge in [-0.3, -0.25) is 0 Å². The molecule has 0 aliphatic rings. The van der Waals surface area contributed by atoms with Crippen LogP contribution in [-0.4, -0.2) is 30.8 Å². The van der Waals surface area contributed by atoms with Gasteiger partial charge in [0.25, 0.3) is 0 Å². The van der Waals surface area contributed by atoms with Crippen molar-refractivity contribution in [2.75, 3.05) is 13.2 Å². The van der Waals surface area contributed by atoms with E-state index in [0.717, 1.165) is 0 Å². The number of carbonyl (C=O) groups excluding carboxylic acids is 2. The molecule has 0 spiro atoms. The summed E-state index contributed by atoms with van der Waals surface area (Å²) in [6.07, 6.45) is 2.80. The summed E-state index contributed by atoms with van der Waals surface area (Å²) in [4.78, 5) is 22.8. The maximum atomic E-state index is 12.7. The van der Waals surface area contributed by atoms with Crippen LogP contribution in [0.15, 0.2) is 30.3 Å². The van der Waals surface area contributed by atoms with E-state index in [1.165, 1.54) is 18.2 Å². The molecule has 0 bridgehead atoms. The minimum absolute atomic E-state index is 0.183. The molecule has 0 fully saturated rings. The Balaban J connectivity index is 2.17. The molecule has 1 N–H and O–H groups in total. The molecule has 0 unspecified atom stereocenters. The van der Waals surface area contributed by atoms with Crippen molar-refractivity contribution in [3.63, 3.8) is 0 Å². The number of rotatable bonds is 6. The van der Waals surface area contributed by atoms with Crippen molar-refractivity contribution >= 4 is 18.1 Å². The summed E-state index contributed by atoms with van der Waals surface area (Å²) in [7, 11) is 0. The molecule has 126 valence electrons. The van der Waals surface area contributed by atoms with Crippen molar-refractivity contribution in [1.82, 2.24) is 5.32 Å². The van der Waals surface area contributed by atoms with Crippen molar-refractivity contribution in [1.29, 1.82) is 0 Å². The molecule has 0 saturated heterocycles. The Morgan fingerprint density at radius 2 is 1.87 bits per heavy atom. The molecule has 6 heteroatoms. The molecule has 23 heavy (non-hydrogen) atoms. The first-order valence-corrected chi connectivity index (χ1v) is 7.33. The number of benzene rings is 1. The molecule has 0 atom stereocenters. The molecule has 1 amide bonds. The van der Waals surface area contributed by atoms with Crippen LogP contribution in [0.25, 0.3) is 6.08 Å². The number of alkyl carbamates (subject to hydrolysis) is 1. The molecule has 5 nitrogen and oxygen atoms in total. The third-order valence-electron chi connectivity index (χ3n) is 2.52. The average Bonchev–Trinajstić information content (AvgIpc) is 2.44. The Kier molecular flexibility index (Phi) is 7.25. The largest absolute Gasteiger partial charge is 0.462 e. The molecule has 1 rings (SSSR count). The van der Waals surface area contributed by atoms with Gasteiger partial charge in [0.05, 0.1) is 6.61 Å². The van der Waals surface area contributed by atoms with Crippen LogP contribution in [0, 0.1) is 5.82 Å².